The van der Waals surface area contributed by atoms with Crippen molar-refractivity contribution < 1.29 is 14.9 Å². The van der Waals surface area contributed by atoms with Crippen molar-refractivity contribution in [3.8, 4) is 17.6 Å². The van der Waals surface area contributed by atoms with E-state index in [9.17, 15) is 10.2 Å². The molecule has 1 aromatic rings. The molecule has 1 atom stereocenters. The summed E-state index contributed by atoms with van der Waals surface area (Å²) in [7, 11) is 1.38. The summed E-state index contributed by atoms with van der Waals surface area (Å²) in [5.41, 5.74) is 0.195. The molecule has 0 heterocycles. The third kappa shape index (κ3) is 2.52. The Hall–Kier alpha value is -1.44. The molecular weight excluding hydrogens is 218 g/mol. The van der Waals surface area contributed by atoms with Crippen LogP contribution < -0.4 is 4.74 Å². The first-order chi connectivity index (χ1) is 7.10. The van der Waals surface area contributed by atoms with Gasteiger partial charge in [-0.2, -0.15) is 5.26 Å². The maximum absolute atomic E-state index is 9.66. The Morgan fingerprint density at radius 3 is 2.80 bits per heavy atom. The number of hydrogen-bond donors (Lipinski definition) is 2. The predicted molar refractivity (Wildman–Crippen MR) is 54.9 cm³/mol. The van der Waals surface area contributed by atoms with Crippen molar-refractivity contribution in [1.82, 2.24) is 0 Å². The van der Waals surface area contributed by atoms with Crippen LogP contribution in [0, 0.1) is 11.3 Å². The number of aliphatic hydroxyl groups is 1. The van der Waals surface area contributed by atoms with Gasteiger partial charge in [-0.1, -0.05) is 11.6 Å². The number of aromatic hydroxyl groups is 1. The summed E-state index contributed by atoms with van der Waals surface area (Å²) in [5, 5.41) is 28.0. The van der Waals surface area contributed by atoms with Gasteiger partial charge in [0.05, 0.1) is 25.7 Å². The third-order valence-corrected chi connectivity index (χ3v) is 2.15. The van der Waals surface area contributed by atoms with Crippen molar-refractivity contribution in [2.24, 2.45) is 0 Å². The second kappa shape index (κ2) is 4.87. The van der Waals surface area contributed by atoms with Crippen molar-refractivity contribution in [2.75, 3.05) is 7.11 Å². The SMILES string of the molecule is COc1cc(Cl)cc(C(O)CC#N)c1O. The summed E-state index contributed by atoms with van der Waals surface area (Å²) in [6.07, 6.45) is -1.18. The topological polar surface area (TPSA) is 73.5 Å². The molecule has 0 amide bonds. The molecule has 80 valence electrons. The number of benzene rings is 1. The average molecular weight is 228 g/mol. The van der Waals surface area contributed by atoms with Crippen LogP contribution in [0.4, 0.5) is 0 Å². The molecule has 0 aliphatic rings. The zero-order valence-electron chi connectivity index (χ0n) is 8.07. The number of nitrogens with zero attached hydrogens (tertiary/aromatic N) is 1. The van der Waals surface area contributed by atoms with Gasteiger partial charge < -0.3 is 14.9 Å². The second-order valence-electron chi connectivity index (χ2n) is 2.92. The number of phenols is 1. The molecule has 0 fully saturated rings. The van der Waals surface area contributed by atoms with E-state index in [0.29, 0.717) is 5.02 Å². The zero-order valence-corrected chi connectivity index (χ0v) is 8.82. The Morgan fingerprint density at radius 2 is 2.27 bits per heavy atom. The van der Waals surface area contributed by atoms with Gasteiger partial charge >= 0.3 is 0 Å². The predicted octanol–water partition coefficient (Wildman–Crippen LogP) is 2.00. The van der Waals surface area contributed by atoms with Crippen LogP contribution in [0.3, 0.4) is 0 Å². The quantitative estimate of drug-likeness (QED) is 0.828. The van der Waals surface area contributed by atoms with E-state index in [0.717, 1.165) is 0 Å². The molecule has 0 saturated heterocycles. The van der Waals surface area contributed by atoms with Crippen LogP contribution >= 0.6 is 11.6 Å². The lowest BCUT2D eigenvalue weighted by molar-refractivity contribution is 0.178. The maximum atomic E-state index is 9.66. The molecule has 1 unspecified atom stereocenters. The third-order valence-electron chi connectivity index (χ3n) is 1.93. The molecule has 1 rings (SSSR count). The van der Waals surface area contributed by atoms with Crippen LogP contribution in [0.2, 0.25) is 5.02 Å². The van der Waals surface area contributed by atoms with E-state index in [1.807, 2.05) is 0 Å². The lowest BCUT2D eigenvalue weighted by Crippen LogP contribution is -1.98. The number of phenolic OH excluding ortho intramolecular Hbond substituents is 1. The fourth-order valence-electron chi connectivity index (χ4n) is 1.20. The maximum Gasteiger partial charge on any atom is 0.163 e. The van der Waals surface area contributed by atoms with Gasteiger partial charge in [-0.15, -0.1) is 0 Å². The van der Waals surface area contributed by atoms with Crippen molar-refractivity contribution in [3.63, 3.8) is 0 Å². The summed E-state index contributed by atoms with van der Waals surface area (Å²) >= 11 is 5.76. The number of methoxy groups -OCH3 is 1. The summed E-state index contributed by atoms with van der Waals surface area (Å²) in [6, 6.07) is 4.64. The minimum absolute atomic E-state index is 0.114. The van der Waals surface area contributed by atoms with Gasteiger partial charge in [-0.25, -0.2) is 0 Å². The monoisotopic (exact) mass is 227 g/mol. The number of aliphatic hydroxyl groups excluding tert-OH is 1. The smallest absolute Gasteiger partial charge is 0.163 e. The molecule has 0 radical (unpaired) electrons. The first-order valence-electron chi connectivity index (χ1n) is 4.21. The first-order valence-corrected chi connectivity index (χ1v) is 4.59. The van der Waals surface area contributed by atoms with E-state index in [-0.39, 0.29) is 23.5 Å². The van der Waals surface area contributed by atoms with Gasteiger partial charge in [0.25, 0.3) is 0 Å². The molecule has 15 heavy (non-hydrogen) atoms. The summed E-state index contributed by atoms with van der Waals surface area (Å²) < 4.78 is 4.87. The number of ether oxygens (including phenoxy) is 1. The Kier molecular flexibility index (Phi) is 3.78. The molecule has 2 N–H and O–H groups in total. The van der Waals surface area contributed by atoms with Crippen molar-refractivity contribution in [3.05, 3.63) is 22.7 Å². The molecule has 4 nitrogen and oxygen atoms in total. The molecule has 0 aliphatic carbocycles. The number of rotatable bonds is 3. The lowest BCUT2D eigenvalue weighted by atomic mass is 10.1. The zero-order chi connectivity index (χ0) is 11.4. The summed E-state index contributed by atoms with van der Waals surface area (Å²) in [5.74, 6) is -0.0147. The molecule has 0 saturated carbocycles. The Morgan fingerprint density at radius 1 is 1.60 bits per heavy atom. The highest BCUT2D eigenvalue weighted by Gasteiger charge is 2.16. The van der Waals surface area contributed by atoms with Crippen LogP contribution in [0.5, 0.6) is 11.5 Å². The molecule has 0 aliphatic heterocycles. The molecule has 5 heteroatoms. The number of nitriles is 1. The second-order valence-corrected chi connectivity index (χ2v) is 3.36. The highest BCUT2D eigenvalue weighted by atomic mass is 35.5. The van der Waals surface area contributed by atoms with E-state index in [1.54, 1.807) is 6.07 Å². The molecule has 0 spiro atoms. The van der Waals surface area contributed by atoms with Crippen LogP contribution in [-0.4, -0.2) is 17.3 Å². The van der Waals surface area contributed by atoms with Crippen LogP contribution in [-0.2, 0) is 0 Å². The van der Waals surface area contributed by atoms with Gasteiger partial charge in [0.1, 0.15) is 0 Å². The van der Waals surface area contributed by atoms with Gasteiger partial charge in [0.15, 0.2) is 11.5 Å². The summed E-state index contributed by atoms with van der Waals surface area (Å²) in [4.78, 5) is 0. The van der Waals surface area contributed by atoms with Crippen molar-refractivity contribution >= 4 is 11.6 Å². The first kappa shape index (κ1) is 11.6. The number of halogens is 1. The van der Waals surface area contributed by atoms with Gasteiger partial charge in [-0.05, 0) is 6.07 Å². The molecular formula is C10H10ClNO3. The average Bonchev–Trinajstić information content (AvgIpc) is 2.21. The Labute approximate surface area is 92.3 Å². The fourth-order valence-corrected chi connectivity index (χ4v) is 1.42. The molecule has 1 aromatic carbocycles. The fraction of sp³-hybridized carbons (Fsp3) is 0.300. The van der Waals surface area contributed by atoms with E-state index >= 15 is 0 Å². The Bertz CT molecular complexity index is 400. The van der Waals surface area contributed by atoms with E-state index < -0.39 is 6.10 Å². The van der Waals surface area contributed by atoms with Crippen molar-refractivity contribution in [2.45, 2.75) is 12.5 Å². The minimum Gasteiger partial charge on any atom is -0.504 e. The highest BCUT2D eigenvalue weighted by Crippen LogP contribution is 2.37. The van der Waals surface area contributed by atoms with Crippen LogP contribution in [0.1, 0.15) is 18.1 Å². The van der Waals surface area contributed by atoms with Gasteiger partial charge in [-0.3, -0.25) is 0 Å². The van der Waals surface area contributed by atoms with E-state index in [4.69, 9.17) is 21.6 Å². The van der Waals surface area contributed by atoms with E-state index in [2.05, 4.69) is 0 Å². The van der Waals surface area contributed by atoms with Gasteiger partial charge in [0.2, 0.25) is 0 Å². The van der Waals surface area contributed by atoms with E-state index in [1.165, 1.54) is 19.2 Å². The largest absolute Gasteiger partial charge is 0.504 e. The summed E-state index contributed by atoms with van der Waals surface area (Å²) in [6.45, 7) is 0. The highest BCUT2D eigenvalue weighted by molar-refractivity contribution is 6.30. The van der Waals surface area contributed by atoms with Crippen LogP contribution in [0.25, 0.3) is 0 Å². The Balaban J connectivity index is 3.18. The van der Waals surface area contributed by atoms with Gasteiger partial charge in [0, 0.05) is 16.7 Å². The van der Waals surface area contributed by atoms with Crippen LogP contribution in [0.15, 0.2) is 12.1 Å². The lowest BCUT2D eigenvalue weighted by Gasteiger charge is -2.12. The molecule has 0 bridgehead atoms. The standard InChI is InChI=1S/C10H10ClNO3/c1-15-9-5-6(11)4-7(10(9)14)8(13)2-3-12/h4-5,8,13-14H,2H2,1H3. The normalized spacial score (nSPS) is 11.9. The number of hydrogen-bond acceptors (Lipinski definition) is 4. The van der Waals surface area contributed by atoms with Crippen molar-refractivity contribution in [1.29, 1.82) is 5.26 Å². The minimum atomic E-state index is -1.07. The molecule has 0 aromatic heterocycles.